The summed E-state index contributed by atoms with van der Waals surface area (Å²) in [7, 11) is -4.36. The predicted octanol–water partition coefficient (Wildman–Crippen LogP) is 5.26. The Kier molecular flexibility index (Phi) is 9.38. The molecule has 2 aromatic carbocycles. The second-order valence-electron chi connectivity index (χ2n) is 11.8. The molecule has 3 heterocycles. The summed E-state index contributed by atoms with van der Waals surface area (Å²) in [5, 5.41) is 13.8. The summed E-state index contributed by atoms with van der Waals surface area (Å²) in [5.41, 5.74) is 1.56. The molecule has 1 aromatic heterocycles. The Labute approximate surface area is 255 Å². The van der Waals surface area contributed by atoms with Gasteiger partial charge in [-0.1, -0.05) is 26.0 Å². The van der Waals surface area contributed by atoms with Gasteiger partial charge in [-0.3, -0.25) is 9.18 Å². The van der Waals surface area contributed by atoms with Gasteiger partial charge in [0.15, 0.2) is 0 Å². The van der Waals surface area contributed by atoms with Gasteiger partial charge in [0, 0.05) is 26.1 Å². The number of para-hydroxylation sites is 1. The summed E-state index contributed by atoms with van der Waals surface area (Å²) in [4.78, 5) is 32.1. The SMILES string of the molecule is CCC1(CC)CNc2c(cc(C(=O)O)cc2S(=O)(=O)N[C@@H](Cc2nc3ccccc3s2)C(=O)N2CCC(CCF)CC2)C1. The first-order valence-corrected chi connectivity index (χ1v) is 17.2. The van der Waals surface area contributed by atoms with Gasteiger partial charge >= 0.3 is 5.97 Å². The summed E-state index contributed by atoms with van der Waals surface area (Å²) in [5.74, 6) is -1.39. The van der Waals surface area contributed by atoms with E-state index in [0.29, 0.717) is 61.6 Å². The zero-order valence-electron chi connectivity index (χ0n) is 24.6. The van der Waals surface area contributed by atoms with E-state index in [9.17, 15) is 27.5 Å². The highest BCUT2D eigenvalue weighted by atomic mass is 32.2. The number of carbonyl (C=O) groups is 2. The molecule has 9 nitrogen and oxygen atoms in total. The van der Waals surface area contributed by atoms with Gasteiger partial charge in [0.2, 0.25) is 15.9 Å². The Morgan fingerprint density at radius 1 is 1.21 bits per heavy atom. The Balaban J connectivity index is 1.49. The number of alkyl halides is 1. The number of sulfonamides is 1. The molecule has 1 fully saturated rings. The average molecular weight is 631 g/mol. The van der Waals surface area contributed by atoms with Crippen LogP contribution >= 0.6 is 11.3 Å². The zero-order chi connectivity index (χ0) is 30.8. The molecule has 0 unspecified atom stereocenters. The van der Waals surface area contributed by atoms with Gasteiger partial charge in [0.1, 0.15) is 10.9 Å². The number of likely N-dealkylation sites (tertiary alicyclic amines) is 1. The number of aromatic carboxylic acids is 1. The number of halogens is 1. The minimum absolute atomic E-state index is 0.0465. The first-order valence-electron chi connectivity index (χ1n) is 14.9. The van der Waals surface area contributed by atoms with Crippen molar-refractivity contribution in [1.29, 1.82) is 0 Å². The van der Waals surface area contributed by atoms with Crippen LogP contribution < -0.4 is 10.0 Å². The summed E-state index contributed by atoms with van der Waals surface area (Å²) in [6.45, 7) is 5.16. The highest BCUT2D eigenvalue weighted by molar-refractivity contribution is 7.89. The van der Waals surface area contributed by atoms with E-state index >= 15 is 0 Å². The van der Waals surface area contributed by atoms with Gasteiger partial charge in [-0.05, 0) is 79.7 Å². The monoisotopic (exact) mass is 630 g/mol. The molecule has 0 bridgehead atoms. The molecule has 3 aromatic rings. The molecule has 2 aliphatic rings. The van der Waals surface area contributed by atoms with Crippen molar-refractivity contribution < 1.29 is 27.5 Å². The maximum atomic E-state index is 14.1. The van der Waals surface area contributed by atoms with Crippen LogP contribution in [-0.2, 0) is 27.7 Å². The molecule has 1 amide bonds. The number of carbonyl (C=O) groups excluding carboxylic acids is 1. The van der Waals surface area contributed by atoms with Crippen molar-refractivity contribution in [2.45, 2.75) is 69.7 Å². The number of carboxylic acids is 1. The van der Waals surface area contributed by atoms with Crippen LogP contribution in [0.1, 0.15) is 66.9 Å². The van der Waals surface area contributed by atoms with Gasteiger partial charge in [0.05, 0.1) is 33.1 Å². The number of nitrogens with zero attached hydrogens (tertiary/aromatic N) is 2. The Hall–Kier alpha value is -3.09. The van der Waals surface area contributed by atoms with Crippen LogP contribution in [0.2, 0.25) is 0 Å². The summed E-state index contributed by atoms with van der Waals surface area (Å²) >= 11 is 1.40. The second kappa shape index (κ2) is 12.9. The van der Waals surface area contributed by atoms with Crippen LogP contribution in [0.4, 0.5) is 10.1 Å². The number of hydrogen-bond donors (Lipinski definition) is 3. The van der Waals surface area contributed by atoms with Crippen molar-refractivity contribution in [3.63, 3.8) is 0 Å². The highest BCUT2D eigenvalue weighted by Gasteiger charge is 2.37. The number of amides is 1. The van der Waals surface area contributed by atoms with Crippen LogP contribution in [0, 0.1) is 11.3 Å². The Morgan fingerprint density at radius 3 is 2.58 bits per heavy atom. The Bertz CT molecular complexity index is 1560. The molecule has 0 radical (unpaired) electrons. The van der Waals surface area contributed by atoms with Crippen LogP contribution in [-0.4, -0.2) is 67.6 Å². The third-order valence-electron chi connectivity index (χ3n) is 9.18. The van der Waals surface area contributed by atoms with Crippen molar-refractivity contribution >= 4 is 49.1 Å². The molecule has 232 valence electrons. The van der Waals surface area contributed by atoms with Gasteiger partial charge in [0.25, 0.3) is 0 Å². The topological polar surface area (TPSA) is 129 Å². The number of aromatic nitrogens is 1. The molecule has 2 aliphatic heterocycles. The standard InChI is InChI=1S/C31H39FN4O5S2/c1-3-31(4-2)18-22-15-21(30(38)39)16-26(28(22)33-19-31)43(40,41)35-24(17-27-34-23-7-5-6-8-25(23)42-27)29(37)36-13-10-20(9-12-32)11-14-36/h5-8,15-16,20,24,33,35H,3-4,9-14,17-19H2,1-2H3,(H,38,39)/t24-/m0/s1. The number of fused-ring (bicyclic) bond motifs is 2. The van der Waals surface area contributed by atoms with Gasteiger partial charge in [-0.2, -0.15) is 4.72 Å². The predicted molar refractivity (Wildman–Crippen MR) is 166 cm³/mol. The van der Waals surface area contributed by atoms with Gasteiger partial charge in [-0.15, -0.1) is 11.3 Å². The van der Waals surface area contributed by atoms with Crippen LogP contribution in [0.15, 0.2) is 41.3 Å². The van der Waals surface area contributed by atoms with Crippen molar-refractivity contribution in [2.75, 3.05) is 31.6 Å². The minimum atomic E-state index is -4.36. The normalized spacial score (nSPS) is 17.8. The summed E-state index contributed by atoms with van der Waals surface area (Å²) < 4.78 is 44.7. The number of rotatable bonds is 11. The second-order valence-corrected chi connectivity index (χ2v) is 14.5. The van der Waals surface area contributed by atoms with Gasteiger partial charge < -0.3 is 15.3 Å². The first kappa shape index (κ1) is 31.3. The average Bonchev–Trinajstić information content (AvgIpc) is 3.42. The number of thiazole rings is 1. The molecule has 1 saturated heterocycles. The number of anilines is 1. The van der Waals surface area contributed by atoms with Crippen molar-refractivity contribution in [2.24, 2.45) is 11.3 Å². The first-order chi connectivity index (χ1) is 20.6. The lowest BCUT2D eigenvalue weighted by atomic mass is 9.74. The maximum absolute atomic E-state index is 14.1. The number of carboxylic acid groups (broad SMARTS) is 1. The third-order valence-corrected chi connectivity index (χ3v) is 11.7. The van der Waals surface area contributed by atoms with Crippen molar-refractivity contribution in [1.82, 2.24) is 14.6 Å². The van der Waals surface area contributed by atoms with E-state index in [0.717, 1.165) is 23.1 Å². The molecule has 0 spiro atoms. The maximum Gasteiger partial charge on any atom is 0.335 e. The van der Waals surface area contributed by atoms with E-state index in [2.05, 4.69) is 28.9 Å². The fourth-order valence-corrected chi connectivity index (χ4v) is 8.72. The van der Waals surface area contributed by atoms with Crippen LogP contribution in [0.3, 0.4) is 0 Å². The van der Waals surface area contributed by atoms with Crippen molar-refractivity contribution in [3.05, 3.63) is 52.5 Å². The Morgan fingerprint density at radius 2 is 1.93 bits per heavy atom. The highest BCUT2D eigenvalue weighted by Crippen LogP contribution is 2.41. The number of benzene rings is 2. The fourth-order valence-electron chi connectivity index (χ4n) is 6.27. The molecule has 12 heteroatoms. The van der Waals surface area contributed by atoms with E-state index in [4.69, 9.17) is 0 Å². The van der Waals surface area contributed by atoms with E-state index in [1.165, 1.54) is 17.4 Å². The van der Waals surface area contributed by atoms with Crippen LogP contribution in [0.5, 0.6) is 0 Å². The quantitative estimate of drug-likeness (QED) is 0.264. The molecule has 0 aliphatic carbocycles. The van der Waals surface area contributed by atoms with Crippen LogP contribution in [0.25, 0.3) is 10.2 Å². The van der Waals surface area contributed by atoms with E-state index in [1.807, 2.05) is 24.3 Å². The molecule has 43 heavy (non-hydrogen) atoms. The number of hydrogen-bond acceptors (Lipinski definition) is 7. The minimum Gasteiger partial charge on any atom is -0.478 e. The smallest absolute Gasteiger partial charge is 0.335 e. The molecular weight excluding hydrogens is 591 g/mol. The van der Waals surface area contributed by atoms with Gasteiger partial charge in [-0.25, -0.2) is 18.2 Å². The van der Waals surface area contributed by atoms with E-state index in [-0.39, 0.29) is 34.1 Å². The largest absolute Gasteiger partial charge is 0.478 e. The number of nitrogens with one attached hydrogen (secondary N) is 2. The molecule has 3 N–H and O–H groups in total. The molecule has 1 atom stereocenters. The zero-order valence-corrected chi connectivity index (χ0v) is 26.2. The van der Waals surface area contributed by atoms with E-state index in [1.54, 1.807) is 11.0 Å². The lowest BCUT2D eigenvalue weighted by molar-refractivity contribution is -0.134. The summed E-state index contributed by atoms with van der Waals surface area (Å²) in [6.07, 6.45) is 4.08. The number of piperidine rings is 1. The lowest BCUT2D eigenvalue weighted by Gasteiger charge is -2.38. The lowest BCUT2D eigenvalue weighted by Crippen LogP contribution is -2.51. The third kappa shape index (κ3) is 6.71. The van der Waals surface area contributed by atoms with Crippen molar-refractivity contribution in [3.8, 4) is 0 Å². The summed E-state index contributed by atoms with van der Waals surface area (Å²) in [6, 6.07) is 9.13. The fraction of sp³-hybridized carbons (Fsp3) is 0.516. The van der Waals surface area contributed by atoms with E-state index < -0.39 is 28.7 Å². The molecular formula is C31H39FN4O5S2. The molecule has 0 saturated carbocycles. The molecule has 5 rings (SSSR count).